The third kappa shape index (κ3) is 3.75. The molecule has 0 N–H and O–H groups in total. The molecule has 6 nitrogen and oxygen atoms in total. The first-order chi connectivity index (χ1) is 15.2. The molecule has 0 bridgehead atoms. The van der Waals surface area contributed by atoms with Crippen LogP contribution in [0.3, 0.4) is 0 Å². The topological polar surface area (TPSA) is 63.4 Å². The quantitative estimate of drug-likeness (QED) is 0.432. The van der Waals surface area contributed by atoms with Crippen LogP contribution in [-0.4, -0.2) is 30.8 Å². The van der Waals surface area contributed by atoms with Gasteiger partial charge in [0, 0.05) is 23.1 Å². The number of fused-ring (bicyclic) bond motifs is 3. The van der Waals surface area contributed by atoms with E-state index in [0.717, 1.165) is 27.6 Å². The highest BCUT2D eigenvalue weighted by Crippen LogP contribution is 2.23. The van der Waals surface area contributed by atoms with Crippen LogP contribution in [0.2, 0.25) is 0 Å². The van der Waals surface area contributed by atoms with E-state index in [0.29, 0.717) is 24.3 Å². The monoisotopic (exact) mass is 407 g/mol. The van der Waals surface area contributed by atoms with Crippen LogP contribution in [0.15, 0.2) is 84.9 Å². The second kappa shape index (κ2) is 7.99. The Hall–Kier alpha value is -4.06. The van der Waals surface area contributed by atoms with Crippen LogP contribution in [0.5, 0.6) is 0 Å². The molecule has 0 aliphatic carbocycles. The fraction of sp³-hybridized carbons (Fsp3) is 0.120. The molecule has 0 spiro atoms. The summed E-state index contributed by atoms with van der Waals surface area (Å²) in [7, 11) is 0. The van der Waals surface area contributed by atoms with Crippen LogP contribution < -0.4 is 0 Å². The van der Waals surface area contributed by atoms with Crippen LogP contribution in [0.25, 0.3) is 16.6 Å². The molecule has 152 valence electrons. The summed E-state index contributed by atoms with van der Waals surface area (Å²) in [6, 6.07) is 27.6. The number of aromatic nitrogens is 4. The normalized spacial score (nSPS) is 11.1. The van der Waals surface area contributed by atoms with Gasteiger partial charge < -0.3 is 4.90 Å². The van der Waals surface area contributed by atoms with Gasteiger partial charge >= 0.3 is 0 Å². The van der Waals surface area contributed by atoms with E-state index in [2.05, 4.69) is 34.6 Å². The largest absolute Gasteiger partial charge is 0.330 e. The number of hydrogen-bond donors (Lipinski definition) is 0. The summed E-state index contributed by atoms with van der Waals surface area (Å²) in [6.45, 7) is 2.95. The Bertz CT molecular complexity index is 1360. The van der Waals surface area contributed by atoms with Crippen LogP contribution in [0.4, 0.5) is 0 Å². The van der Waals surface area contributed by atoms with Crippen molar-refractivity contribution in [3.05, 3.63) is 107 Å². The molecule has 0 unspecified atom stereocenters. The van der Waals surface area contributed by atoms with E-state index >= 15 is 0 Å². The van der Waals surface area contributed by atoms with Gasteiger partial charge in [-0.3, -0.25) is 4.79 Å². The molecule has 0 atom stereocenters. The zero-order valence-electron chi connectivity index (χ0n) is 17.1. The highest BCUT2D eigenvalue weighted by molar-refractivity contribution is 5.94. The number of nitrogens with zero attached hydrogens (tertiary/aromatic N) is 5. The molecule has 1 amide bonds. The van der Waals surface area contributed by atoms with Gasteiger partial charge in [0.15, 0.2) is 5.65 Å². The summed E-state index contributed by atoms with van der Waals surface area (Å²) in [5, 5.41) is 13.4. The van der Waals surface area contributed by atoms with E-state index in [-0.39, 0.29) is 5.91 Å². The average molecular weight is 407 g/mol. The Labute approximate surface area is 179 Å². The van der Waals surface area contributed by atoms with Crippen molar-refractivity contribution in [3.8, 4) is 0 Å². The van der Waals surface area contributed by atoms with Gasteiger partial charge in [-0.1, -0.05) is 60.2 Å². The number of carbonyl (C=O) groups excluding carboxylic acids is 1. The lowest BCUT2D eigenvalue weighted by Crippen LogP contribution is -2.30. The van der Waals surface area contributed by atoms with Gasteiger partial charge in [-0.15, -0.1) is 5.10 Å². The zero-order valence-corrected chi connectivity index (χ0v) is 17.1. The molecule has 5 aromatic rings. The first kappa shape index (κ1) is 18.9. The van der Waals surface area contributed by atoms with Crippen molar-refractivity contribution in [1.29, 1.82) is 0 Å². The molecule has 0 aliphatic rings. The minimum absolute atomic E-state index is 0.0283. The van der Waals surface area contributed by atoms with Crippen LogP contribution in [0.1, 0.15) is 27.0 Å². The highest BCUT2D eigenvalue weighted by Gasteiger charge is 2.19. The Balaban J connectivity index is 1.59. The van der Waals surface area contributed by atoms with Crippen LogP contribution in [0, 0.1) is 6.92 Å². The molecule has 0 saturated carbocycles. The Kier molecular flexibility index (Phi) is 4.88. The van der Waals surface area contributed by atoms with Gasteiger partial charge in [-0.2, -0.15) is 4.52 Å². The van der Waals surface area contributed by atoms with Gasteiger partial charge in [-0.05, 0) is 53.2 Å². The van der Waals surface area contributed by atoms with Gasteiger partial charge in [-0.25, -0.2) is 0 Å². The number of aryl methyl sites for hydroxylation is 1. The Morgan fingerprint density at radius 3 is 2.42 bits per heavy atom. The number of rotatable bonds is 5. The summed E-state index contributed by atoms with van der Waals surface area (Å²) < 4.78 is 1.75. The molecule has 0 saturated heterocycles. The maximum atomic E-state index is 13.4. The van der Waals surface area contributed by atoms with Crippen molar-refractivity contribution in [2.75, 3.05) is 0 Å². The molecule has 0 aliphatic heterocycles. The van der Waals surface area contributed by atoms with Crippen molar-refractivity contribution < 1.29 is 4.79 Å². The van der Waals surface area contributed by atoms with Crippen LogP contribution in [-0.2, 0) is 13.1 Å². The van der Waals surface area contributed by atoms with E-state index in [1.807, 2.05) is 77.7 Å². The molecule has 5 rings (SSSR count). The first-order valence-electron chi connectivity index (χ1n) is 10.2. The highest BCUT2D eigenvalue weighted by atomic mass is 16.2. The molecule has 2 heterocycles. The molecule has 3 aromatic carbocycles. The third-order valence-electron chi connectivity index (χ3n) is 5.38. The van der Waals surface area contributed by atoms with Gasteiger partial charge in [0.25, 0.3) is 5.91 Å². The molecule has 6 heteroatoms. The Morgan fingerprint density at radius 1 is 0.903 bits per heavy atom. The summed E-state index contributed by atoms with van der Waals surface area (Å²) >= 11 is 0. The van der Waals surface area contributed by atoms with Gasteiger partial charge in [0.05, 0.1) is 12.1 Å². The summed E-state index contributed by atoms with van der Waals surface area (Å²) in [6.07, 6.45) is 0. The molecule has 2 aromatic heterocycles. The van der Waals surface area contributed by atoms with E-state index in [4.69, 9.17) is 0 Å². The first-order valence-corrected chi connectivity index (χ1v) is 10.2. The molecule has 0 radical (unpaired) electrons. The summed E-state index contributed by atoms with van der Waals surface area (Å²) in [4.78, 5) is 15.3. The van der Waals surface area contributed by atoms with E-state index in [1.165, 1.54) is 0 Å². The SMILES string of the molecule is Cc1ccc2c(c1)cc(CN(Cc1ccccc1)C(=O)c1ccccc1)c1nnnn12. The lowest BCUT2D eigenvalue weighted by atomic mass is 10.1. The number of carbonyl (C=O) groups is 1. The average Bonchev–Trinajstić information content (AvgIpc) is 3.30. The minimum Gasteiger partial charge on any atom is -0.330 e. The maximum absolute atomic E-state index is 13.4. The lowest BCUT2D eigenvalue weighted by Gasteiger charge is -2.23. The van der Waals surface area contributed by atoms with Crippen molar-refractivity contribution in [2.24, 2.45) is 0 Å². The maximum Gasteiger partial charge on any atom is 0.254 e. The number of hydrogen-bond acceptors (Lipinski definition) is 4. The molecule has 0 fully saturated rings. The molecule has 31 heavy (non-hydrogen) atoms. The van der Waals surface area contributed by atoms with Crippen molar-refractivity contribution in [2.45, 2.75) is 20.0 Å². The minimum atomic E-state index is -0.0283. The molecular formula is C25H21N5O. The Morgan fingerprint density at radius 2 is 1.65 bits per heavy atom. The predicted octanol–water partition coefficient (Wildman–Crippen LogP) is 4.43. The summed E-state index contributed by atoms with van der Waals surface area (Å²) in [5.74, 6) is -0.0283. The van der Waals surface area contributed by atoms with E-state index < -0.39 is 0 Å². The standard InChI is InChI=1S/C25H21N5O/c1-18-12-13-23-21(14-18)15-22(24-26-27-28-30(23)24)17-29(16-19-8-4-2-5-9-19)25(31)20-10-6-3-7-11-20/h2-15H,16-17H2,1H3. The van der Waals surface area contributed by atoms with E-state index in [9.17, 15) is 4.79 Å². The fourth-order valence-corrected chi connectivity index (χ4v) is 3.87. The smallest absolute Gasteiger partial charge is 0.254 e. The predicted molar refractivity (Wildman–Crippen MR) is 119 cm³/mol. The number of amides is 1. The lowest BCUT2D eigenvalue weighted by molar-refractivity contribution is 0.0730. The zero-order chi connectivity index (χ0) is 21.2. The molecular weight excluding hydrogens is 386 g/mol. The number of pyridine rings is 1. The second-order valence-electron chi connectivity index (χ2n) is 7.66. The second-order valence-corrected chi connectivity index (χ2v) is 7.66. The van der Waals surface area contributed by atoms with Crippen LogP contribution >= 0.6 is 0 Å². The number of tetrazole rings is 1. The van der Waals surface area contributed by atoms with Gasteiger partial charge in [0.1, 0.15) is 0 Å². The number of benzene rings is 3. The third-order valence-corrected chi connectivity index (χ3v) is 5.38. The summed E-state index contributed by atoms with van der Waals surface area (Å²) in [5.41, 5.74) is 5.40. The van der Waals surface area contributed by atoms with Crippen molar-refractivity contribution >= 4 is 22.5 Å². The van der Waals surface area contributed by atoms with Gasteiger partial charge in [0.2, 0.25) is 0 Å². The van der Waals surface area contributed by atoms with Crippen molar-refractivity contribution in [1.82, 2.24) is 24.9 Å². The van der Waals surface area contributed by atoms with Crippen molar-refractivity contribution in [3.63, 3.8) is 0 Å². The fourth-order valence-electron chi connectivity index (χ4n) is 3.87. The van der Waals surface area contributed by atoms with E-state index in [1.54, 1.807) is 4.52 Å².